The fourth-order valence-electron chi connectivity index (χ4n) is 8.49. The van der Waals surface area contributed by atoms with Gasteiger partial charge in [-0.15, -0.1) is 23.2 Å². The maximum absolute atomic E-state index is 14.5. The second kappa shape index (κ2) is 12.9. The fraction of sp³-hybridized carbons (Fsp3) is 0.268. The molecule has 54 heavy (non-hydrogen) atoms. The van der Waals surface area contributed by atoms with Crippen molar-refractivity contribution in [3.63, 3.8) is 0 Å². The predicted molar refractivity (Wildman–Crippen MR) is 203 cm³/mol. The van der Waals surface area contributed by atoms with Crippen molar-refractivity contribution in [1.29, 1.82) is 0 Å². The number of alkyl halides is 2. The number of allylic oxidation sites excluding steroid dienone is 2. The first-order chi connectivity index (χ1) is 25.7. The highest BCUT2D eigenvalue weighted by atomic mass is 35.5. The summed E-state index contributed by atoms with van der Waals surface area (Å²) >= 11 is 14.9. The van der Waals surface area contributed by atoms with Gasteiger partial charge in [-0.05, 0) is 116 Å². The minimum Gasteiger partial charge on any atom is -0.508 e. The van der Waals surface area contributed by atoms with Crippen LogP contribution in [0.25, 0.3) is 0 Å². The monoisotopic (exact) mass is 765 g/mol. The summed E-state index contributed by atoms with van der Waals surface area (Å²) in [5.41, 5.74) is 4.29. The number of azo groups is 1. The average Bonchev–Trinajstić information content (AvgIpc) is 3.50. The molecule has 2 aliphatic heterocycles. The Balaban J connectivity index is 1.15. The molecule has 0 spiro atoms. The van der Waals surface area contributed by atoms with Crippen molar-refractivity contribution in [1.82, 2.24) is 0 Å². The molecule has 2 aliphatic carbocycles. The molecular formula is C41H34Cl2FN5O5. The van der Waals surface area contributed by atoms with Crippen LogP contribution < -0.4 is 14.7 Å². The molecule has 0 bridgehead atoms. The minimum atomic E-state index is -2.07. The molecule has 6 unspecified atom stereocenters. The Hall–Kier alpha value is -5.39. The molecule has 4 aromatic carbocycles. The number of carbonyl (C=O) groups excluding carboxylic acids is 4. The Morgan fingerprint density at radius 2 is 1.37 bits per heavy atom. The Morgan fingerprint density at radius 1 is 0.778 bits per heavy atom. The SMILES string of the molecule is Cc1cc(C2C3=CCC4C(=O)N(c5ccc(N=Nc6ccc(N(C)C)cc6)cc5)C(=O)C4C3CC3(Cl)C(=O)N(c4ccc(F)cc4)C(=O)C23Cl)ccc1O. The van der Waals surface area contributed by atoms with Gasteiger partial charge in [-0.25, -0.2) is 9.29 Å². The number of hydrogen-bond donors (Lipinski definition) is 1. The maximum Gasteiger partial charge on any atom is 0.258 e. The number of aryl methyl sites for hydroxylation is 1. The van der Waals surface area contributed by atoms with Gasteiger partial charge in [-0.1, -0.05) is 23.8 Å². The summed E-state index contributed by atoms with van der Waals surface area (Å²) in [7, 11) is 3.90. The van der Waals surface area contributed by atoms with E-state index >= 15 is 0 Å². The van der Waals surface area contributed by atoms with Gasteiger partial charge in [-0.2, -0.15) is 10.2 Å². The zero-order chi connectivity index (χ0) is 38.3. The summed E-state index contributed by atoms with van der Waals surface area (Å²) < 4.78 is 13.9. The molecule has 6 atom stereocenters. The number of amides is 4. The molecule has 4 amide bonds. The lowest BCUT2D eigenvalue weighted by Crippen LogP contribution is -2.60. The summed E-state index contributed by atoms with van der Waals surface area (Å²) in [6.07, 6.45) is 1.83. The van der Waals surface area contributed by atoms with Gasteiger partial charge >= 0.3 is 0 Å². The molecule has 4 aliphatic rings. The minimum absolute atomic E-state index is 0.0182. The van der Waals surface area contributed by atoms with Crippen molar-refractivity contribution in [2.45, 2.75) is 35.4 Å². The van der Waals surface area contributed by atoms with E-state index in [1.54, 1.807) is 43.3 Å². The molecule has 10 nitrogen and oxygen atoms in total. The Bertz CT molecular complexity index is 2300. The largest absolute Gasteiger partial charge is 0.508 e. The van der Waals surface area contributed by atoms with E-state index in [1.165, 1.54) is 23.1 Å². The van der Waals surface area contributed by atoms with Crippen molar-refractivity contribution in [3.8, 4) is 5.75 Å². The molecule has 2 heterocycles. The average molecular weight is 767 g/mol. The summed E-state index contributed by atoms with van der Waals surface area (Å²) in [5.74, 6) is -6.38. The van der Waals surface area contributed by atoms with Crippen LogP contribution in [0, 0.1) is 30.5 Å². The Labute approximate surface area is 320 Å². The Kier molecular flexibility index (Phi) is 8.50. The molecule has 0 aromatic heterocycles. The Morgan fingerprint density at radius 3 is 1.98 bits per heavy atom. The van der Waals surface area contributed by atoms with Gasteiger partial charge in [0.2, 0.25) is 11.8 Å². The topological polar surface area (TPSA) is 123 Å². The summed E-state index contributed by atoms with van der Waals surface area (Å²) in [6.45, 7) is 1.69. The number of nitrogens with zero attached hydrogens (tertiary/aromatic N) is 5. The van der Waals surface area contributed by atoms with Crippen LogP contribution in [-0.2, 0) is 19.2 Å². The molecule has 4 aromatic rings. The van der Waals surface area contributed by atoms with E-state index in [0.29, 0.717) is 33.8 Å². The lowest BCUT2D eigenvalue weighted by Gasteiger charge is -2.50. The third kappa shape index (κ3) is 5.27. The van der Waals surface area contributed by atoms with Crippen LogP contribution in [0.3, 0.4) is 0 Å². The number of carbonyl (C=O) groups is 4. The highest BCUT2D eigenvalue weighted by Crippen LogP contribution is 2.66. The highest BCUT2D eigenvalue weighted by molar-refractivity contribution is 6.58. The number of anilines is 3. The van der Waals surface area contributed by atoms with Gasteiger partial charge < -0.3 is 10.0 Å². The van der Waals surface area contributed by atoms with Crippen molar-refractivity contribution >= 4 is 75.3 Å². The number of phenolic OH excluding ortho intramolecular Hbond substituents is 1. The molecule has 1 saturated carbocycles. The van der Waals surface area contributed by atoms with Crippen LogP contribution in [0.4, 0.5) is 32.8 Å². The van der Waals surface area contributed by atoms with Gasteiger partial charge in [-0.3, -0.25) is 24.1 Å². The normalized spacial score (nSPS) is 27.6. The third-order valence-electron chi connectivity index (χ3n) is 11.2. The van der Waals surface area contributed by atoms with Crippen LogP contribution in [0.2, 0.25) is 0 Å². The molecule has 274 valence electrons. The molecule has 8 rings (SSSR count). The number of halogens is 3. The number of fused-ring (bicyclic) bond motifs is 4. The van der Waals surface area contributed by atoms with Gasteiger partial charge in [0.1, 0.15) is 11.6 Å². The summed E-state index contributed by atoms with van der Waals surface area (Å²) in [6, 6.07) is 23.8. The quantitative estimate of drug-likeness (QED) is 0.0917. The smallest absolute Gasteiger partial charge is 0.258 e. The number of hydrogen-bond acceptors (Lipinski definition) is 8. The second-order valence-electron chi connectivity index (χ2n) is 14.4. The lowest BCUT2D eigenvalue weighted by atomic mass is 9.56. The fourth-order valence-corrected chi connectivity index (χ4v) is 9.42. The third-order valence-corrected chi connectivity index (χ3v) is 12.6. The molecule has 1 N–H and O–H groups in total. The summed E-state index contributed by atoms with van der Waals surface area (Å²) in [4.78, 5) is 57.4. The van der Waals surface area contributed by atoms with Gasteiger partial charge in [0.05, 0.1) is 34.6 Å². The zero-order valence-electron chi connectivity index (χ0n) is 29.4. The lowest BCUT2D eigenvalue weighted by molar-refractivity contribution is -0.125. The van der Waals surface area contributed by atoms with E-state index in [0.717, 1.165) is 22.7 Å². The standard InChI is InChI=1S/C41H34Cl2FN5O5/c1-22-20-23(4-19-33(22)50)35-30-17-18-31-34(32(30)21-40(42)38(53)49(39(54)41(35,40)43)29-11-5-24(44)6-12-29)37(52)48(36(31)51)28-15-9-26(10-16-28)46-45-25-7-13-27(14-8-25)47(2)3/h4-17,19-20,31-32,34-35,50H,18,21H2,1-3H3. The first-order valence-corrected chi connectivity index (χ1v) is 18.2. The van der Waals surface area contributed by atoms with Crippen LogP contribution >= 0.6 is 23.2 Å². The van der Waals surface area contributed by atoms with Crippen LogP contribution in [-0.4, -0.2) is 52.6 Å². The van der Waals surface area contributed by atoms with E-state index in [-0.39, 0.29) is 30.2 Å². The van der Waals surface area contributed by atoms with Crippen molar-refractivity contribution < 1.29 is 28.7 Å². The molecule has 0 radical (unpaired) electrons. The molecule has 2 saturated heterocycles. The number of phenols is 1. The predicted octanol–water partition coefficient (Wildman–Crippen LogP) is 8.09. The van der Waals surface area contributed by atoms with Crippen molar-refractivity contribution in [2.24, 2.45) is 28.0 Å². The van der Waals surface area contributed by atoms with Gasteiger partial charge in [0, 0.05) is 25.7 Å². The molecular weight excluding hydrogens is 732 g/mol. The van der Waals surface area contributed by atoms with E-state index < -0.39 is 57.0 Å². The molecule has 3 fully saturated rings. The van der Waals surface area contributed by atoms with E-state index in [4.69, 9.17) is 23.2 Å². The van der Waals surface area contributed by atoms with Crippen LogP contribution in [0.15, 0.2) is 113 Å². The molecule has 13 heteroatoms. The van der Waals surface area contributed by atoms with E-state index in [2.05, 4.69) is 10.2 Å². The maximum atomic E-state index is 14.5. The number of aromatic hydroxyl groups is 1. The van der Waals surface area contributed by atoms with Crippen molar-refractivity contribution in [3.05, 3.63) is 120 Å². The second-order valence-corrected chi connectivity index (χ2v) is 15.7. The van der Waals surface area contributed by atoms with Crippen LogP contribution in [0.1, 0.15) is 29.9 Å². The number of benzene rings is 4. The first-order valence-electron chi connectivity index (χ1n) is 17.4. The first kappa shape index (κ1) is 35.6. The van der Waals surface area contributed by atoms with E-state index in [9.17, 15) is 28.7 Å². The summed E-state index contributed by atoms with van der Waals surface area (Å²) in [5, 5.41) is 19.0. The van der Waals surface area contributed by atoms with Crippen molar-refractivity contribution in [2.75, 3.05) is 28.8 Å². The number of rotatable bonds is 6. The van der Waals surface area contributed by atoms with Gasteiger partial charge in [0.25, 0.3) is 11.8 Å². The van der Waals surface area contributed by atoms with E-state index in [1.807, 2.05) is 49.3 Å². The number of imide groups is 2. The van der Waals surface area contributed by atoms with Gasteiger partial charge in [0.15, 0.2) is 9.75 Å². The highest BCUT2D eigenvalue weighted by Gasteiger charge is 2.76. The van der Waals surface area contributed by atoms with Crippen LogP contribution in [0.5, 0.6) is 5.75 Å². The zero-order valence-corrected chi connectivity index (χ0v) is 30.9.